The summed E-state index contributed by atoms with van der Waals surface area (Å²) in [4.78, 5) is 28.6. The van der Waals surface area contributed by atoms with E-state index in [1.54, 1.807) is 15.9 Å². The molecular weight excluding hydrogens is 325 g/mol. The molecule has 6 nitrogen and oxygen atoms in total. The van der Waals surface area contributed by atoms with Gasteiger partial charge < -0.3 is 19.9 Å². The molecule has 1 N–H and O–H groups in total. The molecule has 1 saturated heterocycles. The van der Waals surface area contributed by atoms with Gasteiger partial charge in [0, 0.05) is 26.2 Å². The fourth-order valence-corrected chi connectivity index (χ4v) is 3.28. The molecule has 2 heterocycles. The van der Waals surface area contributed by atoms with E-state index < -0.39 is 6.04 Å². The number of halogens is 1. The Morgan fingerprint density at radius 3 is 2.68 bits per heavy atom. The molecular formula is C18H24FN3O3. The average Bonchev–Trinajstić information content (AvgIpc) is 2.65. The summed E-state index contributed by atoms with van der Waals surface area (Å²) in [6.07, 6.45) is 1.16. The van der Waals surface area contributed by atoms with Gasteiger partial charge in [-0.15, -0.1) is 0 Å². The first-order valence-electron chi connectivity index (χ1n) is 8.77. The van der Waals surface area contributed by atoms with E-state index in [0.29, 0.717) is 52.2 Å². The van der Waals surface area contributed by atoms with Gasteiger partial charge in [-0.25, -0.2) is 9.18 Å². The van der Waals surface area contributed by atoms with Gasteiger partial charge in [0.15, 0.2) is 0 Å². The van der Waals surface area contributed by atoms with Gasteiger partial charge in [-0.1, -0.05) is 13.0 Å². The van der Waals surface area contributed by atoms with Gasteiger partial charge in [-0.3, -0.25) is 4.79 Å². The molecule has 7 heteroatoms. The van der Waals surface area contributed by atoms with E-state index in [2.05, 4.69) is 5.32 Å². The van der Waals surface area contributed by atoms with Crippen molar-refractivity contribution in [1.29, 1.82) is 0 Å². The summed E-state index contributed by atoms with van der Waals surface area (Å²) in [7, 11) is 0. The van der Waals surface area contributed by atoms with Gasteiger partial charge in [0.1, 0.15) is 11.9 Å². The minimum absolute atomic E-state index is 0.0568. The lowest BCUT2D eigenvalue weighted by molar-refractivity contribution is -0.137. The third-order valence-corrected chi connectivity index (χ3v) is 4.79. The number of fused-ring (bicyclic) bond motifs is 1. The van der Waals surface area contributed by atoms with E-state index in [1.165, 1.54) is 12.1 Å². The SMILES string of the molecule is CCC(NC(=O)N1CCc2cc(F)ccc2C1)C(=O)N1CCOCC1. The summed E-state index contributed by atoms with van der Waals surface area (Å²) in [6, 6.07) is 3.89. The monoisotopic (exact) mass is 349 g/mol. The molecule has 2 aliphatic rings. The highest BCUT2D eigenvalue weighted by atomic mass is 19.1. The summed E-state index contributed by atoms with van der Waals surface area (Å²) in [5.41, 5.74) is 1.90. The number of amides is 3. The fraction of sp³-hybridized carbons (Fsp3) is 0.556. The lowest BCUT2D eigenvalue weighted by Gasteiger charge is -2.33. The Hall–Kier alpha value is -2.15. The maximum Gasteiger partial charge on any atom is 0.318 e. The van der Waals surface area contributed by atoms with Crippen LogP contribution >= 0.6 is 0 Å². The summed E-state index contributed by atoms with van der Waals surface area (Å²) >= 11 is 0. The number of morpholine rings is 1. The maximum atomic E-state index is 13.3. The molecule has 1 aromatic rings. The molecule has 1 unspecified atom stereocenters. The number of ether oxygens (including phenoxy) is 1. The second kappa shape index (κ2) is 7.82. The summed E-state index contributed by atoms with van der Waals surface area (Å²) in [5, 5.41) is 2.86. The van der Waals surface area contributed by atoms with Crippen LogP contribution < -0.4 is 5.32 Å². The summed E-state index contributed by atoms with van der Waals surface area (Å²) < 4.78 is 18.6. The van der Waals surface area contributed by atoms with Crippen molar-refractivity contribution in [3.05, 3.63) is 35.1 Å². The third-order valence-electron chi connectivity index (χ3n) is 4.79. The Bertz CT molecular complexity index is 646. The highest BCUT2D eigenvalue weighted by Crippen LogP contribution is 2.20. The molecule has 0 radical (unpaired) electrons. The number of carbonyl (C=O) groups excluding carboxylic acids is 2. The fourth-order valence-electron chi connectivity index (χ4n) is 3.28. The Morgan fingerprint density at radius 1 is 1.20 bits per heavy atom. The molecule has 2 aliphatic heterocycles. The molecule has 0 aliphatic carbocycles. The van der Waals surface area contributed by atoms with Crippen LogP contribution in [-0.4, -0.2) is 60.6 Å². The van der Waals surface area contributed by atoms with Crippen molar-refractivity contribution >= 4 is 11.9 Å². The van der Waals surface area contributed by atoms with Gasteiger partial charge in [-0.2, -0.15) is 0 Å². The molecule has 1 fully saturated rings. The normalized spacial score (nSPS) is 18.5. The van der Waals surface area contributed by atoms with Gasteiger partial charge in [0.05, 0.1) is 13.2 Å². The number of benzene rings is 1. The van der Waals surface area contributed by atoms with Gasteiger partial charge >= 0.3 is 6.03 Å². The number of nitrogens with one attached hydrogen (secondary N) is 1. The first kappa shape index (κ1) is 17.7. The van der Waals surface area contributed by atoms with Crippen LogP contribution in [0.4, 0.5) is 9.18 Å². The highest BCUT2D eigenvalue weighted by molar-refractivity contribution is 5.87. The minimum atomic E-state index is -0.528. The predicted octanol–water partition coefficient (Wildman–Crippen LogP) is 1.53. The van der Waals surface area contributed by atoms with Crippen LogP contribution in [-0.2, 0) is 22.5 Å². The number of urea groups is 1. The molecule has 136 valence electrons. The van der Waals surface area contributed by atoms with Crippen LogP contribution in [0.2, 0.25) is 0 Å². The molecule has 3 amide bonds. The van der Waals surface area contributed by atoms with Crippen molar-refractivity contribution in [2.45, 2.75) is 32.4 Å². The minimum Gasteiger partial charge on any atom is -0.378 e. The highest BCUT2D eigenvalue weighted by Gasteiger charge is 2.28. The van der Waals surface area contributed by atoms with Gasteiger partial charge in [0.2, 0.25) is 5.91 Å². The third kappa shape index (κ3) is 4.10. The topological polar surface area (TPSA) is 61.9 Å². The zero-order chi connectivity index (χ0) is 17.8. The Morgan fingerprint density at radius 2 is 1.96 bits per heavy atom. The lowest BCUT2D eigenvalue weighted by atomic mass is 10.00. The van der Waals surface area contributed by atoms with Crippen LogP contribution in [0, 0.1) is 5.82 Å². The largest absolute Gasteiger partial charge is 0.378 e. The number of carbonyl (C=O) groups is 2. The van der Waals surface area contributed by atoms with Crippen LogP contribution in [0.3, 0.4) is 0 Å². The van der Waals surface area contributed by atoms with Gasteiger partial charge in [0.25, 0.3) is 0 Å². The standard InChI is InChI=1S/C18H24FN3O3/c1-2-16(17(23)21-7-9-25-10-8-21)20-18(24)22-6-5-13-11-15(19)4-3-14(13)12-22/h3-4,11,16H,2,5-10,12H2,1H3,(H,20,24). The zero-order valence-corrected chi connectivity index (χ0v) is 14.5. The summed E-state index contributed by atoms with van der Waals surface area (Å²) in [6.45, 7) is 5.04. The van der Waals surface area contributed by atoms with Crippen molar-refractivity contribution in [2.24, 2.45) is 0 Å². The second-order valence-electron chi connectivity index (χ2n) is 6.43. The Kier molecular flexibility index (Phi) is 5.53. The van der Waals surface area contributed by atoms with E-state index in [4.69, 9.17) is 4.74 Å². The van der Waals surface area contributed by atoms with E-state index in [9.17, 15) is 14.0 Å². The zero-order valence-electron chi connectivity index (χ0n) is 14.5. The lowest BCUT2D eigenvalue weighted by Crippen LogP contribution is -2.54. The molecule has 0 bridgehead atoms. The van der Waals surface area contributed by atoms with Crippen molar-refractivity contribution in [2.75, 3.05) is 32.8 Å². The van der Waals surface area contributed by atoms with Crippen LogP contribution in [0.25, 0.3) is 0 Å². The van der Waals surface area contributed by atoms with Crippen molar-refractivity contribution in [3.8, 4) is 0 Å². The number of hydrogen-bond donors (Lipinski definition) is 1. The smallest absolute Gasteiger partial charge is 0.318 e. The predicted molar refractivity (Wildman–Crippen MR) is 90.5 cm³/mol. The number of rotatable bonds is 3. The number of hydrogen-bond acceptors (Lipinski definition) is 3. The molecule has 0 saturated carbocycles. The molecule has 1 aromatic carbocycles. The average molecular weight is 349 g/mol. The molecule has 0 aromatic heterocycles. The van der Waals surface area contributed by atoms with Crippen LogP contribution in [0.1, 0.15) is 24.5 Å². The van der Waals surface area contributed by atoms with Gasteiger partial charge in [-0.05, 0) is 36.1 Å². The van der Waals surface area contributed by atoms with E-state index in [0.717, 1.165) is 11.1 Å². The summed E-state index contributed by atoms with van der Waals surface area (Å²) in [5.74, 6) is -0.308. The Labute approximate surface area is 146 Å². The number of nitrogens with zero attached hydrogens (tertiary/aromatic N) is 2. The van der Waals surface area contributed by atoms with Crippen molar-refractivity contribution < 1.29 is 18.7 Å². The molecule has 1 atom stereocenters. The molecule has 0 spiro atoms. The molecule has 3 rings (SSSR count). The van der Waals surface area contributed by atoms with E-state index in [-0.39, 0.29) is 17.8 Å². The quantitative estimate of drug-likeness (QED) is 0.900. The van der Waals surface area contributed by atoms with Crippen molar-refractivity contribution in [3.63, 3.8) is 0 Å². The maximum absolute atomic E-state index is 13.3. The Balaban J connectivity index is 1.60. The first-order chi connectivity index (χ1) is 12.1. The van der Waals surface area contributed by atoms with E-state index in [1.807, 2.05) is 6.92 Å². The van der Waals surface area contributed by atoms with Crippen molar-refractivity contribution in [1.82, 2.24) is 15.1 Å². The molecule has 25 heavy (non-hydrogen) atoms. The first-order valence-corrected chi connectivity index (χ1v) is 8.77. The van der Waals surface area contributed by atoms with Crippen LogP contribution in [0.15, 0.2) is 18.2 Å². The van der Waals surface area contributed by atoms with Crippen LogP contribution in [0.5, 0.6) is 0 Å². The second-order valence-corrected chi connectivity index (χ2v) is 6.43. The van der Waals surface area contributed by atoms with E-state index >= 15 is 0 Å².